The molecule has 0 bridgehead atoms. The quantitative estimate of drug-likeness (QED) is 0.506. The van der Waals surface area contributed by atoms with Crippen molar-refractivity contribution in [3.05, 3.63) is 0 Å². The van der Waals surface area contributed by atoms with Crippen molar-refractivity contribution >= 4 is 51.4 Å². The summed E-state index contributed by atoms with van der Waals surface area (Å²) in [5.74, 6) is 0. The summed E-state index contributed by atoms with van der Waals surface area (Å²) in [5.41, 5.74) is 0. The Kier molecular flexibility index (Phi) is 17.2. The van der Waals surface area contributed by atoms with E-state index in [1.54, 1.807) is 0 Å². The Hall–Kier alpha value is 1.60. The molecule has 0 amide bonds. The molecule has 1 N–H and O–H groups in total. The first-order chi connectivity index (χ1) is 2.41. The fourth-order valence-electron chi connectivity index (χ4n) is 0.158. The molecule has 1 nitrogen and oxygen atoms in total. The van der Waals surface area contributed by atoms with Gasteiger partial charge < -0.3 is 5.11 Å². The van der Waals surface area contributed by atoms with Crippen LogP contribution in [0.2, 0.25) is 0 Å². The monoisotopic (exact) mass is 114 g/mol. The molecule has 6 heavy (non-hydrogen) atoms. The minimum atomic E-state index is 0. The van der Waals surface area contributed by atoms with Gasteiger partial charge in [-0.15, -0.1) is 0 Å². The zero-order valence-electron chi connectivity index (χ0n) is 3.57. The molecule has 0 spiro atoms. The van der Waals surface area contributed by atoms with Crippen LogP contribution in [-0.4, -0.2) is 63.1 Å². The molecule has 0 aliphatic rings. The van der Waals surface area contributed by atoms with Crippen LogP contribution >= 0.6 is 0 Å². The second-order valence-corrected chi connectivity index (χ2v) is 1.08. The van der Waals surface area contributed by atoms with Crippen LogP contribution in [0.3, 0.4) is 0 Å². The zero-order valence-corrected chi connectivity index (χ0v) is 3.57. The molecule has 0 aromatic rings. The van der Waals surface area contributed by atoms with Crippen LogP contribution in [-0.2, 0) is 0 Å². The Bertz CT molecular complexity index is 15.0. The molecule has 0 radical (unpaired) electrons. The number of unbranched alkanes of at least 4 members (excludes halogenated alkanes) is 1. The predicted octanol–water partition coefficient (Wildman–Crippen LogP) is 0.130. The number of hydrogen-bond donors (Lipinski definition) is 1. The molecule has 0 saturated heterocycles. The molecular formula is C4H11KO. The van der Waals surface area contributed by atoms with E-state index in [-0.39, 0.29) is 51.4 Å². The number of rotatable bonds is 2. The Morgan fingerprint density at radius 3 is 2.00 bits per heavy atom. The van der Waals surface area contributed by atoms with Gasteiger partial charge in [0.25, 0.3) is 0 Å². The van der Waals surface area contributed by atoms with Gasteiger partial charge in [-0.25, -0.2) is 0 Å². The fraction of sp³-hybridized carbons (Fsp3) is 1.00. The van der Waals surface area contributed by atoms with Gasteiger partial charge in [-0.05, 0) is 6.42 Å². The van der Waals surface area contributed by atoms with E-state index in [0.29, 0.717) is 6.61 Å². The van der Waals surface area contributed by atoms with Crippen LogP contribution in [0.25, 0.3) is 0 Å². The minimum absolute atomic E-state index is 0. The van der Waals surface area contributed by atoms with Crippen molar-refractivity contribution in [2.75, 3.05) is 6.61 Å². The number of aliphatic hydroxyl groups excluding tert-OH is 1. The first kappa shape index (κ1) is 10.6. The van der Waals surface area contributed by atoms with E-state index in [1.807, 2.05) is 0 Å². The molecule has 0 heterocycles. The molecule has 0 saturated carbocycles. The van der Waals surface area contributed by atoms with Crippen molar-refractivity contribution in [1.29, 1.82) is 0 Å². The Balaban J connectivity index is 0. The standard InChI is InChI=1S/C4H10O.K.H/c1-2-3-4-5;;/h5H,2-4H2,1H3;;. The average molecular weight is 114 g/mol. The van der Waals surface area contributed by atoms with Gasteiger partial charge in [0, 0.05) is 6.61 Å². The van der Waals surface area contributed by atoms with Crippen molar-refractivity contribution in [3.63, 3.8) is 0 Å². The summed E-state index contributed by atoms with van der Waals surface area (Å²) >= 11 is 0. The van der Waals surface area contributed by atoms with Gasteiger partial charge in [0.2, 0.25) is 0 Å². The first-order valence-corrected chi connectivity index (χ1v) is 2.02. The Labute approximate surface area is 81.6 Å². The molecule has 0 unspecified atom stereocenters. The van der Waals surface area contributed by atoms with Crippen molar-refractivity contribution < 1.29 is 5.11 Å². The molecule has 2 heteroatoms. The predicted molar refractivity (Wildman–Crippen MR) is 29.1 cm³/mol. The second kappa shape index (κ2) is 9.78. The van der Waals surface area contributed by atoms with Gasteiger partial charge >= 0.3 is 51.4 Å². The van der Waals surface area contributed by atoms with Crippen molar-refractivity contribution in [1.82, 2.24) is 0 Å². The third kappa shape index (κ3) is 9.14. The van der Waals surface area contributed by atoms with Crippen molar-refractivity contribution in [2.24, 2.45) is 0 Å². The first-order valence-electron chi connectivity index (χ1n) is 2.02. The molecule has 0 aromatic carbocycles. The van der Waals surface area contributed by atoms with Gasteiger partial charge in [0.05, 0.1) is 0 Å². The fourth-order valence-corrected chi connectivity index (χ4v) is 0.158. The summed E-state index contributed by atoms with van der Waals surface area (Å²) in [7, 11) is 0. The molecule has 0 aliphatic heterocycles. The van der Waals surface area contributed by atoms with Gasteiger partial charge in [-0.1, -0.05) is 13.3 Å². The maximum absolute atomic E-state index is 8.07. The van der Waals surface area contributed by atoms with Crippen molar-refractivity contribution in [3.8, 4) is 0 Å². The molecule has 0 atom stereocenters. The summed E-state index contributed by atoms with van der Waals surface area (Å²) in [6, 6.07) is 0. The number of aliphatic hydroxyl groups is 1. The van der Waals surface area contributed by atoms with E-state index in [0.717, 1.165) is 12.8 Å². The van der Waals surface area contributed by atoms with Gasteiger partial charge in [0.15, 0.2) is 0 Å². The van der Waals surface area contributed by atoms with E-state index in [1.165, 1.54) is 0 Å². The molecule has 0 fully saturated rings. The average Bonchev–Trinajstić information content (AvgIpc) is 1.41. The summed E-state index contributed by atoms with van der Waals surface area (Å²) in [5, 5.41) is 8.07. The number of hydrogen-bond acceptors (Lipinski definition) is 1. The van der Waals surface area contributed by atoms with E-state index in [9.17, 15) is 0 Å². The van der Waals surface area contributed by atoms with Crippen LogP contribution in [0.4, 0.5) is 0 Å². The molecule has 0 aliphatic carbocycles. The third-order valence-electron chi connectivity index (χ3n) is 0.512. The molecule has 0 rings (SSSR count). The van der Waals surface area contributed by atoms with E-state index in [4.69, 9.17) is 5.11 Å². The molecular weight excluding hydrogens is 103 g/mol. The Morgan fingerprint density at radius 1 is 1.50 bits per heavy atom. The zero-order chi connectivity index (χ0) is 4.12. The van der Waals surface area contributed by atoms with Crippen LogP contribution in [0, 0.1) is 0 Å². The van der Waals surface area contributed by atoms with Crippen LogP contribution in [0.1, 0.15) is 19.8 Å². The van der Waals surface area contributed by atoms with E-state index < -0.39 is 0 Å². The van der Waals surface area contributed by atoms with Gasteiger partial charge in [0.1, 0.15) is 0 Å². The van der Waals surface area contributed by atoms with E-state index >= 15 is 0 Å². The topological polar surface area (TPSA) is 20.2 Å². The maximum atomic E-state index is 8.07. The van der Waals surface area contributed by atoms with Crippen LogP contribution < -0.4 is 0 Å². The summed E-state index contributed by atoms with van der Waals surface area (Å²) in [6.45, 7) is 2.40. The third-order valence-corrected chi connectivity index (χ3v) is 0.512. The van der Waals surface area contributed by atoms with Crippen LogP contribution in [0.5, 0.6) is 0 Å². The van der Waals surface area contributed by atoms with E-state index in [2.05, 4.69) is 6.92 Å². The van der Waals surface area contributed by atoms with Gasteiger partial charge in [-0.2, -0.15) is 0 Å². The van der Waals surface area contributed by atoms with Crippen LogP contribution in [0.15, 0.2) is 0 Å². The van der Waals surface area contributed by atoms with Crippen molar-refractivity contribution in [2.45, 2.75) is 19.8 Å². The summed E-state index contributed by atoms with van der Waals surface area (Å²) in [6.07, 6.45) is 2.04. The molecule has 0 aromatic heterocycles. The summed E-state index contributed by atoms with van der Waals surface area (Å²) < 4.78 is 0. The summed E-state index contributed by atoms with van der Waals surface area (Å²) in [4.78, 5) is 0. The Morgan fingerprint density at radius 2 is 2.00 bits per heavy atom. The second-order valence-electron chi connectivity index (χ2n) is 1.08. The SMILES string of the molecule is CCCCO.[KH]. The van der Waals surface area contributed by atoms with Gasteiger partial charge in [-0.3, -0.25) is 0 Å². The normalized spacial score (nSPS) is 7.00. The molecule has 34 valence electrons.